The van der Waals surface area contributed by atoms with Crippen LogP contribution in [0.2, 0.25) is 0 Å². The van der Waals surface area contributed by atoms with Crippen molar-refractivity contribution in [2.45, 2.75) is 13.0 Å². The Kier molecular flexibility index (Phi) is 5.13. The van der Waals surface area contributed by atoms with Gasteiger partial charge in [-0.25, -0.2) is 0 Å². The molecule has 2 aromatic carbocycles. The van der Waals surface area contributed by atoms with Crippen LogP contribution < -0.4 is 11.1 Å². The minimum atomic E-state index is -0.193. The smallest absolute Gasteiger partial charge is 0.257 e. The second-order valence-corrected chi connectivity index (χ2v) is 5.99. The van der Waals surface area contributed by atoms with Gasteiger partial charge in [-0.15, -0.1) is 0 Å². The summed E-state index contributed by atoms with van der Waals surface area (Å²) < 4.78 is 5.40. The number of para-hydroxylation sites is 1. The molecule has 0 radical (unpaired) electrons. The monoisotopic (exact) mass is 325 g/mol. The zero-order valence-electron chi connectivity index (χ0n) is 13.9. The second-order valence-electron chi connectivity index (χ2n) is 5.99. The fraction of sp³-hybridized carbons (Fsp3) is 0.316. The van der Waals surface area contributed by atoms with E-state index in [1.54, 1.807) is 18.2 Å². The Morgan fingerprint density at radius 3 is 2.46 bits per heavy atom. The van der Waals surface area contributed by atoms with Gasteiger partial charge in [0.15, 0.2) is 0 Å². The van der Waals surface area contributed by atoms with Crippen LogP contribution in [0.4, 0.5) is 11.4 Å². The topological polar surface area (TPSA) is 67.6 Å². The number of amides is 1. The number of nitrogens with one attached hydrogen (secondary N) is 1. The summed E-state index contributed by atoms with van der Waals surface area (Å²) in [7, 11) is 0. The zero-order chi connectivity index (χ0) is 16.9. The first-order chi connectivity index (χ1) is 11.6. The number of carbonyl (C=O) groups is 1. The lowest BCUT2D eigenvalue weighted by Crippen LogP contribution is -2.37. The molecule has 2 aromatic rings. The van der Waals surface area contributed by atoms with E-state index in [1.807, 2.05) is 18.2 Å². The summed E-state index contributed by atoms with van der Waals surface area (Å²) in [5.74, 6) is -0.193. The molecule has 3 N–H and O–H groups in total. The van der Waals surface area contributed by atoms with E-state index in [-0.39, 0.29) is 5.91 Å². The highest BCUT2D eigenvalue weighted by Crippen LogP contribution is 2.23. The van der Waals surface area contributed by atoms with Crippen LogP contribution in [0.3, 0.4) is 0 Å². The lowest BCUT2D eigenvalue weighted by molar-refractivity contribution is 0.0198. The highest BCUT2D eigenvalue weighted by atomic mass is 16.5. The molecule has 1 unspecified atom stereocenters. The standard InChI is InChI=1S/C19H23N3O2/c1-14(22-10-12-24-13-11-22)15-6-8-16(9-7-15)21-19(23)17-4-2-3-5-18(17)20/h2-9,14H,10-13,20H2,1H3,(H,21,23). The maximum absolute atomic E-state index is 12.3. The largest absolute Gasteiger partial charge is 0.398 e. The van der Waals surface area contributed by atoms with Crippen molar-refractivity contribution in [2.24, 2.45) is 0 Å². The lowest BCUT2D eigenvalue weighted by atomic mass is 10.1. The van der Waals surface area contributed by atoms with E-state index in [2.05, 4.69) is 29.3 Å². The fourth-order valence-corrected chi connectivity index (χ4v) is 2.92. The minimum absolute atomic E-state index is 0.193. The Labute approximate surface area is 142 Å². The molecule has 1 aliphatic heterocycles. The quantitative estimate of drug-likeness (QED) is 0.848. The predicted molar refractivity (Wildman–Crippen MR) is 96.1 cm³/mol. The Hall–Kier alpha value is -2.37. The Morgan fingerprint density at radius 2 is 1.79 bits per heavy atom. The first kappa shape index (κ1) is 16.5. The predicted octanol–water partition coefficient (Wildman–Crippen LogP) is 2.91. The number of carbonyl (C=O) groups excluding carboxylic acids is 1. The number of hydrogen-bond donors (Lipinski definition) is 2. The molecule has 0 spiro atoms. The van der Waals surface area contributed by atoms with Gasteiger partial charge in [-0.3, -0.25) is 9.69 Å². The number of nitrogens with zero attached hydrogens (tertiary/aromatic N) is 1. The van der Waals surface area contributed by atoms with E-state index in [0.29, 0.717) is 17.3 Å². The van der Waals surface area contributed by atoms with Gasteiger partial charge in [0.1, 0.15) is 0 Å². The second kappa shape index (κ2) is 7.47. The summed E-state index contributed by atoms with van der Waals surface area (Å²) in [5, 5.41) is 2.89. The number of anilines is 2. The number of morpholine rings is 1. The summed E-state index contributed by atoms with van der Waals surface area (Å²) in [6.45, 7) is 5.68. The lowest BCUT2D eigenvalue weighted by Gasteiger charge is -2.32. The summed E-state index contributed by atoms with van der Waals surface area (Å²) in [6, 6.07) is 15.4. The fourth-order valence-electron chi connectivity index (χ4n) is 2.92. The van der Waals surface area contributed by atoms with Crippen molar-refractivity contribution in [1.82, 2.24) is 4.90 Å². The number of benzene rings is 2. The molecule has 1 atom stereocenters. The molecule has 0 aliphatic carbocycles. The van der Waals surface area contributed by atoms with Gasteiger partial charge in [0.2, 0.25) is 0 Å². The zero-order valence-corrected chi connectivity index (χ0v) is 13.9. The molecule has 5 heteroatoms. The minimum Gasteiger partial charge on any atom is -0.398 e. The van der Waals surface area contributed by atoms with Crippen LogP contribution in [0.5, 0.6) is 0 Å². The highest BCUT2D eigenvalue weighted by Gasteiger charge is 2.18. The third-order valence-corrected chi connectivity index (χ3v) is 4.45. The van der Waals surface area contributed by atoms with Crippen LogP contribution in [-0.4, -0.2) is 37.1 Å². The van der Waals surface area contributed by atoms with Crippen molar-refractivity contribution in [2.75, 3.05) is 37.4 Å². The maximum Gasteiger partial charge on any atom is 0.257 e. The van der Waals surface area contributed by atoms with Crippen LogP contribution in [0.1, 0.15) is 28.9 Å². The van der Waals surface area contributed by atoms with E-state index in [4.69, 9.17) is 10.5 Å². The Bertz CT molecular complexity index is 694. The van der Waals surface area contributed by atoms with Gasteiger partial charge in [-0.1, -0.05) is 24.3 Å². The number of ether oxygens (including phenoxy) is 1. The number of nitrogen functional groups attached to an aromatic ring is 1. The molecule has 1 saturated heterocycles. The molecule has 126 valence electrons. The van der Waals surface area contributed by atoms with E-state index in [1.165, 1.54) is 5.56 Å². The molecule has 0 bridgehead atoms. The average molecular weight is 325 g/mol. The van der Waals surface area contributed by atoms with Crippen LogP contribution in [0.15, 0.2) is 48.5 Å². The summed E-state index contributed by atoms with van der Waals surface area (Å²) in [6.07, 6.45) is 0. The van der Waals surface area contributed by atoms with Crippen LogP contribution in [-0.2, 0) is 4.74 Å². The third-order valence-electron chi connectivity index (χ3n) is 4.45. The molecule has 1 fully saturated rings. The van der Waals surface area contributed by atoms with Crippen molar-refractivity contribution >= 4 is 17.3 Å². The summed E-state index contributed by atoms with van der Waals surface area (Å²) in [4.78, 5) is 14.7. The van der Waals surface area contributed by atoms with Crippen LogP contribution in [0.25, 0.3) is 0 Å². The average Bonchev–Trinajstić information content (AvgIpc) is 2.63. The summed E-state index contributed by atoms with van der Waals surface area (Å²) >= 11 is 0. The third kappa shape index (κ3) is 3.75. The van der Waals surface area contributed by atoms with Gasteiger partial charge < -0.3 is 15.8 Å². The van der Waals surface area contributed by atoms with E-state index in [9.17, 15) is 4.79 Å². The van der Waals surface area contributed by atoms with E-state index < -0.39 is 0 Å². The van der Waals surface area contributed by atoms with Crippen LogP contribution >= 0.6 is 0 Å². The van der Waals surface area contributed by atoms with Gasteiger partial charge in [0.25, 0.3) is 5.91 Å². The molecule has 1 aliphatic rings. The Balaban J connectivity index is 1.66. The first-order valence-corrected chi connectivity index (χ1v) is 8.23. The number of rotatable bonds is 4. The molecule has 1 heterocycles. The highest BCUT2D eigenvalue weighted by molar-refractivity contribution is 6.07. The van der Waals surface area contributed by atoms with Crippen molar-refractivity contribution in [3.8, 4) is 0 Å². The SMILES string of the molecule is CC(c1ccc(NC(=O)c2ccccc2N)cc1)N1CCOCC1. The molecular formula is C19H23N3O2. The molecule has 3 rings (SSSR count). The van der Waals surface area contributed by atoms with Gasteiger partial charge in [0, 0.05) is 30.5 Å². The van der Waals surface area contributed by atoms with E-state index in [0.717, 1.165) is 32.0 Å². The van der Waals surface area contributed by atoms with Crippen molar-refractivity contribution in [3.63, 3.8) is 0 Å². The molecular weight excluding hydrogens is 302 g/mol. The van der Waals surface area contributed by atoms with Gasteiger partial charge in [0.05, 0.1) is 18.8 Å². The number of nitrogens with two attached hydrogens (primary N) is 1. The maximum atomic E-state index is 12.3. The molecule has 0 saturated carbocycles. The van der Waals surface area contributed by atoms with E-state index >= 15 is 0 Å². The molecule has 1 amide bonds. The van der Waals surface area contributed by atoms with Gasteiger partial charge in [-0.05, 0) is 36.8 Å². The van der Waals surface area contributed by atoms with Crippen LogP contribution in [0, 0.1) is 0 Å². The Morgan fingerprint density at radius 1 is 1.12 bits per heavy atom. The van der Waals surface area contributed by atoms with Crippen molar-refractivity contribution in [1.29, 1.82) is 0 Å². The number of hydrogen-bond acceptors (Lipinski definition) is 4. The molecule has 24 heavy (non-hydrogen) atoms. The molecule has 5 nitrogen and oxygen atoms in total. The normalized spacial score (nSPS) is 16.5. The van der Waals surface area contributed by atoms with Gasteiger partial charge in [-0.2, -0.15) is 0 Å². The van der Waals surface area contributed by atoms with Gasteiger partial charge >= 0.3 is 0 Å². The first-order valence-electron chi connectivity index (χ1n) is 8.23. The molecule has 0 aromatic heterocycles. The van der Waals surface area contributed by atoms with Crippen molar-refractivity contribution < 1.29 is 9.53 Å². The van der Waals surface area contributed by atoms with Crippen molar-refractivity contribution in [3.05, 3.63) is 59.7 Å². The summed E-state index contributed by atoms with van der Waals surface area (Å²) in [5.41, 5.74) is 8.81.